The minimum Gasteiger partial charge on any atom is -0.329 e. The van der Waals surface area contributed by atoms with Crippen LogP contribution in [0.25, 0.3) is 0 Å². The number of carbonyl (C=O) groups is 1. The van der Waals surface area contributed by atoms with Crippen LogP contribution in [0.4, 0.5) is 18.0 Å². The lowest BCUT2D eigenvalue weighted by molar-refractivity contribution is -0.394. The largest absolute Gasteiger partial charge is 0.544 e. The van der Waals surface area contributed by atoms with Gasteiger partial charge in [-0.25, -0.2) is 4.79 Å². The topological polar surface area (TPSA) is 32.8 Å². The molecule has 12 heavy (non-hydrogen) atoms. The molecule has 0 saturated carbocycles. The average molecular weight is 186 g/mol. The van der Waals surface area contributed by atoms with E-state index >= 15 is 0 Å². The number of carbonyl (C=O) groups excluding carboxylic acids is 1. The lowest BCUT2D eigenvalue weighted by Gasteiger charge is -2.21. The third kappa shape index (κ3) is 4.02. The molecule has 0 N–H and O–H groups in total. The molecule has 2 amide bonds. The number of hydrogen-bond acceptors (Lipinski definition) is 2. The van der Waals surface area contributed by atoms with Crippen molar-refractivity contribution in [1.82, 2.24) is 9.96 Å². The molecule has 0 radical (unpaired) electrons. The summed E-state index contributed by atoms with van der Waals surface area (Å²) in [6, 6.07) is -0.882. The van der Waals surface area contributed by atoms with E-state index in [1.807, 2.05) is 0 Å². The highest BCUT2D eigenvalue weighted by Crippen LogP contribution is 2.17. The van der Waals surface area contributed by atoms with E-state index in [4.69, 9.17) is 0 Å². The van der Waals surface area contributed by atoms with Crippen LogP contribution in [0.5, 0.6) is 0 Å². The van der Waals surface area contributed by atoms with Crippen LogP contribution in [-0.4, -0.2) is 43.5 Å². The van der Waals surface area contributed by atoms with Crippen LogP contribution in [0.3, 0.4) is 0 Å². The highest BCUT2D eigenvalue weighted by Gasteiger charge is 2.34. The van der Waals surface area contributed by atoms with Crippen molar-refractivity contribution >= 4 is 6.03 Å². The normalized spacial score (nSPS) is 11.2. The Labute approximate surface area is 67.4 Å². The van der Waals surface area contributed by atoms with E-state index in [-0.39, 0.29) is 5.06 Å². The summed E-state index contributed by atoms with van der Waals surface area (Å²) in [5.74, 6) is 0. The molecule has 0 aromatic rings. The first-order valence-corrected chi connectivity index (χ1v) is 2.95. The monoisotopic (exact) mass is 186 g/mol. The highest BCUT2D eigenvalue weighted by molar-refractivity contribution is 5.72. The molecule has 0 rings (SSSR count). The van der Waals surface area contributed by atoms with Gasteiger partial charge in [-0.3, -0.25) is 0 Å². The first-order valence-electron chi connectivity index (χ1n) is 2.95. The Morgan fingerprint density at radius 3 is 1.92 bits per heavy atom. The van der Waals surface area contributed by atoms with Crippen molar-refractivity contribution in [3.8, 4) is 0 Å². The SMILES string of the molecule is CN(C)C(=O)N(C)OC(F)(F)F. The summed E-state index contributed by atoms with van der Waals surface area (Å²) in [5.41, 5.74) is 0. The maximum atomic E-state index is 11.5. The third-order valence-electron chi connectivity index (χ3n) is 0.892. The second kappa shape index (κ2) is 3.61. The Bertz CT molecular complexity index is 169. The molecule has 0 aliphatic carbocycles. The second-order valence-electron chi connectivity index (χ2n) is 2.21. The summed E-state index contributed by atoms with van der Waals surface area (Å²) in [5, 5.41) is 0.111. The molecule has 0 aromatic heterocycles. The lowest BCUT2D eigenvalue weighted by Crippen LogP contribution is -2.39. The minimum absolute atomic E-state index is 0.111. The zero-order valence-electron chi connectivity index (χ0n) is 6.84. The zero-order chi connectivity index (χ0) is 9.94. The van der Waals surface area contributed by atoms with Crippen LogP contribution in [0, 0.1) is 0 Å². The van der Waals surface area contributed by atoms with E-state index in [2.05, 4.69) is 4.84 Å². The Hall–Kier alpha value is -0.980. The quantitative estimate of drug-likeness (QED) is 0.573. The molecule has 0 aliphatic rings. The predicted molar refractivity (Wildman–Crippen MR) is 34.0 cm³/mol. The lowest BCUT2D eigenvalue weighted by atomic mass is 10.8. The van der Waals surface area contributed by atoms with Crippen LogP contribution in [0.1, 0.15) is 0 Å². The van der Waals surface area contributed by atoms with Gasteiger partial charge in [0.1, 0.15) is 0 Å². The summed E-state index contributed by atoms with van der Waals surface area (Å²) < 4.78 is 34.5. The average Bonchev–Trinajstić information content (AvgIpc) is 1.82. The number of hydroxylamine groups is 2. The van der Waals surface area contributed by atoms with Crippen LogP contribution in [-0.2, 0) is 4.84 Å². The predicted octanol–water partition coefficient (Wildman–Crippen LogP) is 1.05. The van der Waals surface area contributed by atoms with Gasteiger partial charge in [0.25, 0.3) is 0 Å². The van der Waals surface area contributed by atoms with E-state index in [1.54, 1.807) is 0 Å². The number of amides is 2. The van der Waals surface area contributed by atoms with Crippen molar-refractivity contribution in [3.63, 3.8) is 0 Å². The van der Waals surface area contributed by atoms with E-state index in [9.17, 15) is 18.0 Å². The van der Waals surface area contributed by atoms with Gasteiger partial charge in [0, 0.05) is 21.1 Å². The van der Waals surface area contributed by atoms with Gasteiger partial charge in [0.2, 0.25) is 0 Å². The van der Waals surface area contributed by atoms with Crippen molar-refractivity contribution in [2.24, 2.45) is 0 Å². The van der Waals surface area contributed by atoms with Gasteiger partial charge in [-0.15, -0.1) is 13.2 Å². The van der Waals surface area contributed by atoms with Crippen molar-refractivity contribution in [1.29, 1.82) is 0 Å². The van der Waals surface area contributed by atoms with Gasteiger partial charge < -0.3 is 4.90 Å². The van der Waals surface area contributed by atoms with Crippen LogP contribution < -0.4 is 0 Å². The fourth-order valence-corrected chi connectivity index (χ4v) is 0.476. The summed E-state index contributed by atoms with van der Waals surface area (Å²) in [4.78, 5) is 15.0. The van der Waals surface area contributed by atoms with Gasteiger partial charge in [-0.2, -0.15) is 9.90 Å². The van der Waals surface area contributed by atoms with Crippen LogP contribution in [0.2, 0.25) is 0 Å². The summed E-state index contributed by atoms with van der Waals surface area (Å²) in [6.07, 6.45) is -4.83. The number of urea groups is 1. The number of hydrogen-bond donors (Lipinski definition) is 0. The molecule has 0 unspecified atom stereocenters. The van der Waals surface area contributed by atoms with Crippen molar-refractivity contribution in [2.45, 2.75) is 6.36 Å². The molecule has 4 nitrogen and oxygen atoms in total. The Morgan fingerprint density at radius 1 is 1.25 bits per heavy atom. The zero-order valence-corrected chi connectivity index (χ0v) is 6.84. The van der Waals surface area contributed by atoms with E-state index in [0.29, 0.717) is 0 Å². The molecule has 7 heteroatoms. The Balaban J connectivity index is 4.05. The summed E-state index contributed by atoms with van der Waals surface area (Å²) >= 11 is 0. The molecule has 0 aromatic carbocycles. The highest BCUT2D eigenvalue weighted by atomic mass is 19.4. The van der Waals surface area contributed by atoms with Crippen LogP contribution >= 0.6 is 0 Å². The van der Waals surface area contributed by atoms with Crippen molar-refractivity contribution in [2.75, 3.05) is 21.1 Å². The third-order valence-corrected chi connectivity index (χ3v) is 0.892. The smallest absolute Gasteiger partial charge is 0.329 e. The molecule has 0 saturated heterocycles. The van der Waals surface area contributed by atoms with E-state index < -0.39 is 12.4 Å². The maximum absolute atomic E-state index is 11.5. The van der Waals surface area contributed by atoms with Gasteiger partial charge in [0.05, 0.1) is 0 Å². The summed E-state index contributed by atoms with van der Waals surface area (Å²) in [6.45, 7) is 0. The number of nitrogens with zero attached hydrogens (tertiary/aromatic N) is 2. The molecule has 0 spiro atoms. The molecular weight excluding hydrogens is 177 g/mol. The Morgan fingerprint density at radius 2 is 1.67 bits per heavy atom. The first kappa shape index (κ1) is 11.0. The number of rotatable bonds is 1. The van der Waals surface area contributed by atoms with Crippen molar-refractivity contribution < 1.29 is 22.8 Å². The fourth-order valence-electron chi connectivity index (χ4n) is 0.476. The van der Waals surface area contributed by atoms with Gasteiger partial charge in [-0.1, -0.05) is 0 Å². The fraction of sp³-hybridized carbons (Fsp3) is 0.800. The van der Waals surface area contributed by atoms with E-state index in [1.165, 1.54) is 14.1 Å². The van der Waals surface area contributed by atoms with Gasteiger partial charge in [-0.05, 0) is 0 Å². The number of halogens is 3. The van der Waals surface area contributed by atoms with Crippen molar-refractivity contribution in [3.05, 3.63) is 0 Å². The molecule has 72 valence electrons. The molecular formula is C5H9F3N2O2. The van der Waals surface area contributed by atoms with Crippen LogP contribution in [0.15, 0.2) is 0 Å². The molecule has 0 heterocycles. The molecule has 0 fully saturated rings. The van der Waals surface area contributed by atoms with E-state index in [0.717, 1.165) is 11.9 Å². The molecule has 0 bridgehead atoms. The minimum atomic E-state index is -4.83. The van der Waals surface area contributed by atoms with Gasteiger partial charge in [0.15, 0.2) is 0 Å². The molecule has 0 atom stereocenters. The molecule has 0 aliphatic heterocycles. The number of alkyl halides is 3. The summed E-state index contributed by atoms with van der Waals surface area (Å²) in [7, 11) is 3.52. The standard InChI is InChI=1S/C5H9F3N2O2/c1-9(2)4(11)10(3)12-5(6,7)8/h1-3H3. The second-order valence-corrected chi connectivity index (χ2v) is 2.21. The first-order chi connectivity index (χ1) is 5.24. The Kier molecular flexibility index (Phi) is 3.32. The van der Waals surface area contributed by atoms with Gasteiger partial charge >= 0.3 is 12.4 Å². The maximum Gasteiger partial charge on any atom is 0.544 e.